The zero-order valence-electron chi connectivity index (χ0n) is 24.4. The van der Waals surface area contributed by atoms with Crippen LogP contribution >= 0.6 is 0 Å². The maximum Gasteiger partial charge on any atom is 0.325 e. The van der Waals surface area contributed by atoms with Gasteiger partial charge in [0.25, 0.3) is 5.91 Å². The summed E-state index contributed by atoms with van der Waals surface area (Å²) in [5, 5.41) is 8.84. The number of benzene rings is 2. The molecule has 2 aliphatic rings. The number of amides is 3. The summed E-state index contributed by atoms with van der Waals surface area (Å²) in [7, 11) is 0. The lowest BCUT2D eigenvalue weighted by atomic mass is 10.0. The normalized spacial score (nSPS) is 24.7. The van der Waals surface area contributed by atoms with Crippen LogP contribution < -0.4 is 16.1 Å². The summed E-state index contributed by atoms with van der Waals surface area (Å²) in [5.41, 5.74) is 5.53. The predicted octanol–water partition coefficient (Wildman–Crippen LogP) is 3.37. The van der Waals surface area contributed by atoms with E-state index in [0.717, 1.165) is 21.9 Å². The van der Waals surface area contributed by atoms with Crippen LogP contribution in [0.15, 0.2) is 66.9 Å². The third-order valence-corrected chi connectivity index (χ3v) is 7.80. The molecule has 10 nitrogen and oxygen atoms in total. The second-order valence-electron chi connectivity index (χ2n) is 11.1. The Morgan fingerprint density at radius 3 is 2.60 bits per heavy atom. The van der Waals surface area contributed by atoms with E-state index >= 15 is 0 Å². The number of rotatable bonds is 3. The molecule has 224 valence electrons. The molecule has 43 heavy (non-hydrogen) atoms. The number of hydrogen-bond donors (Lipinski definition) is 3. The number of pyridine rings is 1. The highest BCUT2D eigenvalue weighted by Gasteiger charge is 2.33. The quantitative estimate of drug-likeness (QED) is 0.403. The minimum Gasteiger partial charge on any atom is -0.457 e. The maximum absolute atomic E-state index is 13.4. The van der Waals surface area contributed by atoms with E-state index in [4.69, 9.17) is 4.74 Å². The fourth-order valence-electron chi connectivity index (χ4n) is 5.33. The van der Waals surface area contributed by atoms with Crippen molar-refractivity contribution in [1.29, 1.82) is 0 Å². The molecular weight excluding hydrogens is 546 g/mol. The highest BCUT2D eigenvalue weighted by molar-refractivity contribution is 5.92. The summed E-state index contributed by atoms with van der Waals surface area (Å²) in [6, 6.07) is 15.0. The van der Waals surface area contributed by atoms with E-state index in [1.54, 1.807) is 25.3 Å². The van der Waals surface area contributed by atoms with Crippen molar-refractivity contribution in [3.05, 3.63) is 83.7 Å². The van der Waals surface area contributed by atoms with E-state index < -0.39 is 36.1 Å². The molecule has 0 unspecified atom stereocenters. The van der Waals surface area contributed by atoms with E-state index in [2.05, 4.69) is 21.0 Å². The lowest BCUT2D eigenvalue weighted by molar-refractivity contribution is -0.157. The van der Waals surface area contributed by atoms with Gasteiger partial charge in [-0.15, -0.1) is 0 Å². The molecule has 1 aromatic heterocycles. The molecule has 1 saturated heterocycles. The molecule has 3 heterocycles. The zero-order chi connectivity index (χ0) is 30.3. The van der Waals surface area contributed by atoms with E-state index in [9.17, 15) is 19.2 Å². The van der Waals surface area contributed by atoms with E-state index in [1.807, 2.05) is 61.5 Å². The molecule has 0 radical (unpaired) electrons. The van der Waals surface area contributed by atoms with Crippen molar-refractivity contribution in [1.82, 2.24) is 26.1 Å². The van der Waals surface area contributed by atoms with Gasteiger partial charge in [0.05, 0.1) is 5.69 Å². The number of fused-ring (bicyclic) bond motifs is 4. The molecule has 3 amide bonds. The van der Waals surface area contributed by atoms with Gasteiger partial charge in [0.15, 0.2) is 0 Å². The molecule has 0 aliphatic carbocycles. The smallest absolute Gasteiger partial charge is 0.325 e. The summed E-state index contributed by atoms with van der Waals surface area (Å²) in [5.74, 6) is -1.59. The Labute approximate surface area is 250 Å². The van der Waals surface area contributed by atoms with Gasteiger partial charge in [0, 0.05) is 24.5 Å². The molecule has 5 bridgehead atoms. The van der Waals surface area contributed by atoms with Gasteiger partial charge in [-0.3, -0.25) is 29.2 Å². The van der Waals surface area contributed by atoms with Crippen LogP contribution in [0.1, 0.15) is 62.5 Å². The average Bonchev–Trinajstić information content (AvgIpc) is 3.02. The first-order valence-electron chi connectivity index (χ1n) is 14.7. The first-order chi connectivity index (χ1) is 20.8. The van der Waals surface area contributed by atoms with Crippen molar-refractivity contribution in [2.24, 2.45) is 0 Å². The van der Waals surface area contributed by atoms with Gasteiger partial charge in [-0.2, -0.15) is 0 Å². The Morgan fingerprint density at radius 2 is 1.79 bits per heavy atom. The fraction of sp³-hybridized carbons (Fsp3) is 0.364. The van der Waals surface area contributed by atoms with Crippen molar-refractivity contribution >= 4 is 40.5 Å². The van der Waals surface area contributed by atoms with Gasteiger partial charge in [-0.1, -0.05) is 48.5 Å². The summed E-state index contributed by atoms with van der Waals surface area (Å²) in [4.78, 5) is 57.2. The van der Waals surface area contributed by atoms with Crippen molar-refractivity contribution in [2.75, 3.05) is 6.54 Å². The number of carbonyl (C=O) groups is 4. The van der Waals surface area contributed by atoms with Crippen molar-refractivity contribution in [3.63, 3.8) is 0 Å². The van der Waals surface area contributed by atoms with Crippen LogP contribution in [0, 0.1) is 0 Å². The lowest BCUT2D eigenvalue weighted by Crippen LogP contribution is -2.60. The van der Waals surface area contributed by atoms with E-state index in [0.29, 0.717) is 37.9 Å². The SMILES string of the molecule is C[C@@H]1NC(=O)[C@H](CCc2ccccc2)NC(=O)C/C=C/c2cc3cc(ccc3cn2)[C@@H](C)OC(=O)[C@@H]2CCCN(N2)C1=O. The lowest BCUT2D eigenvalue weighted by Gasteiger charge is -2.35. The minimum absolute atomic E-state index is 0.0510. The van der Waals surface area contributed by atoms with E-state index in [-0.39, 0.29) is 18.2 Å². The largest absolute Gasteiger partial charge is 0.457 e. The summed E-state index contributed by atoms with van der Waals surface area (Å²) >= 11 is 0. The summed E-state index contributed by atoms with van der Waals surface area (Å²) < 4.78 is 5.80. The second kappa shape index (κ2) is 13.6. The van der Waals surface area contributed by atoms with Gasteiger partial charge in [0.1, 0.15) is 24.2 Å². The molecular formula is C33H37N5O5. The molecule has 2 aromatic carbocycles. The van der Waals surface area contributed by atoms with Crippen LogP contribution in [0.4, 0.5) is 0 Å². The molecule has 4 atom stereocenters. The number of carbonyl (C=O) groups excluding carboxylic acids is 4. The predicted molar refractivity (Wildman–Crippen MR) is 162 cm³/mol. The van der Waals surface area contributed by atoms with Crippen LogP contribution in [-0.2, 0) is 30.3 Å². The highest BCUT2D eigenvalue weighted by atomic mass is 16.5. The van der Waals surface area contributed by atoms with E-state index in [1.165, 1.54) is 5.01 Å². The number of aromatic nitrogens is 1. The van der Waals surface area contributed by atoms with Crippen molar-refractivity contribution in [2.45, 2.75) is 70.2 Å². The van der Waals surface area contributed by atoms with Crippen LogP contribution in [-0.4, -0.2) is 58.4 Å². The standard InChI is InChI=1S/C33H37N5O5/c1-21-32(41)38-17-7-11-29(37-38)33(42)43-22(2)24-14-15-25-20-34-27(19-26(25)18-24)10-6-12-30(39)36-28(31(40)35-21)16-13-23-8-4-3-5-9-23/h3-6,8-10,14-15,18-22,28-29,37H,7,11-13,16-17H2,1-2H3,(H,35,40)(H,36,39)/b10-6+/t21-,22+,28-,29-/m0/s1. The van der Waals surface area contributed by atoms with Gasteiger partial charge in [-0.25, -0.2) is 5.43 Å². The van der Waals surface area contributed by atoms with Crippen molar-refractivity contribution in [3.8, 4) is 0 Å². The molecule has 3 N–H and O–H groups in total. The van der Waals surface area contributed by atoms with Crippen LogP contribution in [0.5, 0.6) is 0 Å². The molecule has 0 spiro atoms. The molecule has 5 rings (SSSR count). The van der Waals surface area contributed by atoms with Gasteiger partial charge in [-0.05, 0) is 74.3 Å². The molecule has 1 fully saturated rings. The third-order valence-electron chi connectivity index (χ3n) is 7.80. The van der Waals surface area contributed by atoms with Gasteiger partial charge < -0.3 is 15.4 Å². The number of aryl methyl sites for hydroxylation is 1. The van der Waals surface area contributed by atoms with Gasteiger partial charge in [0.2, 0.25) is 11.8 Å². The Kier molecular flexibility index (Phi) is 9.46. The summed E-state index contributed by atoms with van der Waals surface area (Å²) in [6.45, 7) is 3.80. The van der Waals surface area contributed by atoms with Crippen LogP contribution in [0.25, 0.3) is 16.8 Å². The average molecular weight is 584 g/mol. The number of ether oxygens (including phenoxy) is 1. The van der Waals surface area contributed by atoms with Gasteiger partial charge >= 0.3 is 5.97 Å². The number of esters is 1. The van der Waals surface area contributed by atoms with Crippen molar-refractivity contribution < 1.29 is 23.9 Å². The van der Waals surface area contributed by atoms with Crippen LogP contribution in [0.2, 0.25) is 0 Å². The number of hydrogen-bond acceptors (Lipinski definition) is 7. The first-order valence-corrected chi connectivity index (χ1v) is 14.7. The maximum atomic E-state index is 13.4. The monoisotopic (exact) mass is 583 g/mol. The Balaban J connectivity index is 1.41. The Hall–Kier alpha value is -4.57. The minimum atomic E-state index is -0.886. The number of cyclic esters (lactones) is 1. The Morgan fingerprint density at radius 1 is 0.977 bits per heavy atom. The summed E-state index contributed by atoms with van der Waals surface area (Å²) in [6.07, 6.45) is 6.80. The molecule has 0 saturated carbocycles. The number of nitrogens with zero attached hydrogens (tertiary/aromatic N) is 2. The fourth-order valence-corrected chi connectivity index (χ4v) is 5.33. The Bertz CT molecular complexity index is 1520. The third kappa shape index (κ3) is 7.64. The topological polar surface area (TPSA) is 130 Å². The highest BCUT2D eigenvalue weighted by Crippen LogP contribution is 2.24. The molecule has 2 aliphatic heterocycles. The molecule has 10 heteroatoms. The number of nitrogens with one attached hydrogen (secondary N) is 3. The number of hydrazine groups is 1. The first kappa shape index (κ1) is 29.9. The van der Waals surface area contributed by atoms with Crippen LogP contribution in [0.3, 0.4) is 0 Å². The second-order valence-corrected chi connectivity index (χ2v) is 11.1. The molecule has 3 aromatic rings. The zero-order valence-corrected chi connectivity index (χ0v) is 24.4.